The number of amides is 1. The number of rotatable bonds is 8. The highest BCUT2D eigenvalue weighted by molar-refractivity contribution is 7.21. The molecule has 1 atom stereocenters. The Labute approximate surface area is 141 Å². The highest BCUT2D eigenvalue weighted by Crippen LogP contribution is 2.32. The van der Waals surface area contributed by atoms with Crippen LogP contribution >= 0.6 is 9.24 Å². The fourth-order valence-electron chi connectivity index (χ4n) is 2.47. The summed E-state index contributed by atoms with van der Waals surface area (Å²) in [6.45, 7) is 4.20. The van der Waals surface area contributed by atoms with Gasteiger partial charge in [0.1, 0.15) is 0 Å². The molecule has 0 bridgehead atoms. The summed E-state index contributed by atoms with van der Waals surface area (Å²) < 4.78 is 0. The lowest BCUT2D eigenvalue weighted by Crippen LogP contribution is -2.44. The summed E-state index contributed by atoms with van der Waals surface area (Å²) in [7, 11) is 2.70. The van der Waals surface area contributed by atoms with Crippen molar-refractivity contribution in [3.8, 4) is 0 Å². The third-order valence-corrected chi connectivity index (χ3v) is 5.62. The van der Waals surface area contributed by atoms with Crippen molar-refractivity contribution in [3.05, 3.63) is 42.1 Å². The maximum Gasteiger partial charge on any atom is 0.236 e. The van der Waals surface area contributed by atoms with E-state index in [-0.39, 0.29) is 24.2 Å². The van der Waals surface area contributed by atoms with Crippen LogP contribution in [0, 0.1) is 5.92 Å². The molecule has 0 spiro atoms. The van der Waals surface area contributed by atoms with Gasteiger partial charge >= 0.3 is 0 Å². The third kappa shape index (κ3) is 4.75. The van der Waals surface area contributed by atoms with Crippen LogP contribution in [0.25, 0.3) is 6.08 Å². The zero-order valence-corrected chi connectivity index (χ0v) is 15.2. The first kappa shape index (κ1) is 17.9. The molecule has 1 aliphatic carbocycles. The molecule has 124 valence electrons. The van der Waals surface area contributed by atoms with Gasteiger partial charge in [-0.1, -0.05) is 44.2 Å². The van der Waals surface area contributed by atoms with Crippen molar-refractivity contribution in [2.75, 3.05) is 6.54 Å². The first-order chi connectivity index (χ1) is 11.0. The Morgan fingerprint density at radius 2 is 1.83 bits per heavy atom. The van der Waals surface area contributed by atoms with E-state index in [1.54, 1.807) is 11.1 Å². The van der Waals surface area contributed by atoms with Crippen LogP contribution in [0.1, 0.15) is 45.1 Å². The summed E-state index contributed by atoms with van der Waals surface area (Å²) in [6.07, 6.45) is 7.07. The number of hydrogen-bond acceptors (Lipinski definition) is 2. The normalized spacial score (nSPS) is 14.9. The molecule has 4 heteroatoms. The largest absolute Gasteiger partial charge is 0.311 e. The van der Waals surface area contributed by atoms with Crippen molar-refractivity contribution in [3.63, 3.8) is 0 Å². The molecule has 1 saturated carbocycles. The molecule has 0 saturated heterocycles. The minimum absolute atomic E-state index is 0.00804. The van der Waals surface area contributed by atoms with E-state index < -0.39 is 5.16 Å². The van der Waals surface area contributed by atoms with Crippen molar-refractivity contribution in [2.24, 2.45) is 5.92 Å². The molecule has 0 aromatic heterocycles. The summed E-state index contributed by atoms with van der Waals surface area (Å²) in [5, 5.41) is -0.495. The lowest BCUT2D eigenvalue weighted by molar-refractivity contribution is -0.135. The van der Waals surface area contributed by atoms with E-state index in [4.69, 9.17) is 0 Å². The van der Waals surface area contributed by atoms with Crippen molar-refractivity contribution >= 4 is 27.0 Å². The van der Waals surface area contributed by atoms with Crippen LogP contribution in [-0.2, 0) is 9.59 Å². The van der Waals surface area contributed by atoms with Crippen LogP contribution in [-0.4, -0.2) is 28.3 Å². The predicted octanol–water partition coefficient (Wildman–Crippen LogP) is 3.90. The average Bonchev–Trinajstić information content (AvgIpc) is 3.43. The second-order valence-electron chi connectivity index (χ2n) is 6.26. The van der Waals surface area contributed by atoms with Crippen molar-refractivity contribution in [1.82, 2.24) is 4.90 Å². The van der Waals surface area contributed by atoms with Gasteiger partial charge in [-0.3, -0.25) is 9.59 Å². The van der Waals surface area contributed by atoms with E-state index in [9.17, 15) is 9.59 Å². The maximum atomic E-state index is 12.9. The molecule has 1 aromatic carbocycles. The molecule has 23 heavy (non-hydrogen) atoms. The van der Waals surface area contributed by atoms with Crippen LogP contribution < -0.4 is 0 Å². The number of hydrogen-bond donors (Lipinski definition) is 0. The predicted molar refractivity (Wildman–Crippen MR) is 97.9 cm³/mol. The van der Waals surface area contributed by atoms with E-state index in [2.05, 4.69) is 9.24 Å². The molecular formula is C19H26NO2P. The Morgan fingerprint density at radius 3 is 2.35 bits per heavy atom. The molecule has 1 fully saturated rings. The molecule has 0 radical (unpaired) electrons. The van der Waals surface area contributed by atoms with Gasteiger partial charge in [-0.05, 0) is 37.3 Å². The van der Waals surface area contributed by atoms with E-state index in [0.717, 1.165) is 31.2 Å². The highest BCUT2D eigenvalue weighted by atomic mass is 31.0. The SMILES string of the molecule is CCC(P)(CC)C(=O)N(C=Cc1ccccc1)CC(=O)C1CC1. The van der Waals surface area contributed by atoms with Crippen molar-refractivity contribution in [2.45, 2.75) is 44.7 Å². The van der Waals surface area contributed by atoms with E-state index in [1.807, 2.05) is 50.3 Å². The number of carbonyl (C=O) groups excluding carboxylic acids is 2. The third-order valence-electron chi connectivity index (χ3n) is 4.55. The molecule has 1 aromatic rings. The van der Waals surface area contributed by atoms with Gasteiger partial charge in [0.15, 0.2) is 5.78 Å². The Hall–Kier alpha value is -1.47. The summed E-state index contributed by atoms with van der Waals surface area (Å²) >= 11 is 0. The second kappa shape index (κ2) is 7.88. The minimum Gasteiger partial charge on any atom is -0.311 e. The number of carbonyl (C=O) groups is 2. The number of ketones is 1. The standard InChI is InChI=1S/C19H26NO2P/c1-3-19(23,4-2)18(22)20(14-17(21)16-10-11-16)13-12-15-8-6-5-7-9-15/h5-9,12-13,16H,3-4,10-11,14,23H2,1-2H3. The van der Waals surface area contributed by atoms with Gasteiger partial charge < -0.3 is 4.90 Å². The number of nitrogens with zero attached hydrogens (tertiary/aromatic N) is 1. The van der Waals surface area contributed by atoms with Gasteiger partial charge in [0.25, 0.3) is 0 Å². The van der Waals surface area contributed by atoms with E-state index in [0.29, 0.717) is 0 Å². The zero-order valence-electron chi connectivity index (χ0n) is 14.0. The average molecular weight is 331 g/mol. The van der Waals surface area contributed by atoms with Crippen LogP contribution in [0.3, 0.4) is 0 Å². The molecule has 1 amide bonds. The Kier molecular flexibility index (Phi) is 6.12. The highest BCUT2D eigenvalue weighted by Gasteiger charge is 2.36. The first-order valence-electron chi connectivity index (χ1n) is 8.36. The molecule has 1 unspecified atom stereocenters. The molecule has 2 rings (SSSR count). The molecule has 0 N–H and O–H groups in total. The van der Waals surface area contributed by atoms with Gasteiger partial charge in [0.2, 0.25) is 5.91 Å². The van der Waals surface area contributed by atoms with Gasteiger partial charge in [0, 0.05) is 12.1 Å². The van der Waals surface area contributed by atoms with Crippen LogP contribution in [0.4, 0.5) is 0 Å². The lowest BCUT2D eigenvalue weighted by atomic mass is 10.00. The van der Waals surface area contributed by atoms with Gasteiger partial charge in [-0.25, -0.2) is 0 Å². The smallest absolute Gasteiger partial charge is 0.236 e. The Morgan fingerprint density at radius 1 is 1.22 bits per heavy atom. The summed E-state index contributed by atoms with van der Waals surface area (Å²) in [4.78, 5) is 26.7. The fourth-order valence-corrected chi connectivity index (χ4v) is 2.64. The Bertz CT molecular complexity index is 574. The zero-order chi connectivity index (χ0) is 16.9. The summed E-state index contributed by atoms with van der Waals surface area (Å²) in [5.74, 6) is 0.349. The molecule has 0 aliphatic heterocycles. The van der Waals surface area contributed by atoms with Crippen molar-refractivity contribution in [1.29, 1.82) is 0 Å². The fraction of sp³-hybridized carbons (Fsp3) is 0.474. The maximum absolute atomic E-state index is 12.9. The monoisotopic (exact) mass is 331 g/mol. The Balaban J connectivity index is 2.18. The molecule has 3 nitrogen and oxygen atoms in total. The number of benzene rings is 1. The van der Waals surface area contributed by atoms with Crippen LogP contribution in [0.2, 0.25) is 0 Å². The lowest BCUT2D eigenvalue weighted by Gasteiger charge is -2.31. The van der Waals surface area contributed by atoms with E-state index >= 15 is 0 Å². The number of Topliss-reactive ketones (excluding diaryl/α,β-unsaturated/α-hetero) is 1. The van der Waals surface area contributed by atoms with Crippen molar-refractivity contribution < 1.29 is 9.59 Å². The summed E-state index contributed by atoms with van der Waals surface area (Å²) in [5.41, 5.74) is 1.02. The van der Waals surface area contributed by atoms with Gasteiger partial charge in [-0.15, -0.1) is 9.24 Å². The first-order valence-corrected chi connectivity index (χ1v) is 8.94. The van der Waals surface area contributed by atoms with Gasteiger partial charge in [-0.2, -0.15) is 0 Å². The topological polar surface area (TPSA) is 37.4 Å². The summed E-state index contributed by atoms with van der Waals surface area (Å²) in [6, 6.07) is 9.84. The minimum atomic E-state index is -0.495. The van der Waals surface area contributed by atoms with Gasteiger partial charge in [0.05, 0.1) is 11.7 Å². The van der Waals surface area contributed by atoms with Crippen LogP contribution in [0.15, 0.2) is 36.5 Å². The van der Waals surface area contributed by atoms with Crippen LogP contribution in [0.5, 0.6) is 0 Å². The molecule has 1 aliphatic rings. The quantitative estimate of drug-likeness (QED) is 0.678. The molecular weight excluding hydrogens is 305 g/mol. The molecule has 0 heterocycles. The van der Waals surface area contributed by atoms with E-state index in [1.165, 1.54) is 0 Å². The second-order valence-corrected chi connectivity index (χ2v) is 7.37.